The van der Waals surface area contributed by atoms with E-state index in [1.807, 2.05) is 6.92 Å². The third-order valence-corrected chi connectivity index (χ3v) is 8.36. The van der Waals surface area contributed by atoms with Gasteiger partial charge in [0.1, 0.15) is 18.3 Å². The molecular formula is C26H42O7S. The Labute approximate surface area is 205 Å². The van der Waals surface area contributed by atoms with E-state index in [1.165, 1.54) is 57.1 Å². The number of fused-ring (bicyclic) bond motifs is 1. The normalized spacial score (nSPS) is 27.1. The molecule has 3 rings (SSSR count). The number of hydrogen-bond acceptors (Lipinski definition) is 7. The Bertz CT molecular complexity index is 852. The molecule has 0 aliphatic carbocycles. The van der Waals surface area contributed by atoms with E-state index in [4.69, 9.17) is 18.9 Å². The Morgan fingerprint density at radius 3 is 2.12 bits per heavy atom. The van der Waals surface area contributed by atoms with Crippen molar-refractivity contribution in [1.29, 1.82) is 0 Å². The van der Waals surface area contributed by atoms with Gasteiger partial charge in [-0.1, -0.05) is 76.0 Å². The fourth-order valence-corrected chi connectivity index (χ4v) is 5.98. The quantitative estimate of drug-likeness (QED) is 0.366. The standard InChI is InChI=1S/C26H42O7S/c1-5-6-7-8-9-10-11-12-13-18-30-25-23-21(32-26(3,4)33-23)22(31-25)24(27)34(28,29)20-16-14-19(2)15-17-20/h14-17,21-25,27H,5-13,18H2,1-4H3/t21-,22-,23-,24?,25-/m0/s1. The highest BCUT2D eigenvalue weighted by Crippen LogP contribution is 2.41. The van der Waals surface area contributed by atoms with Crippen LogP contribution in [0.3, 0.4) is 0 Å². The SMILES string of the molecule is CCCCCCCCCCCO[C@H]1O[C@H](C(O)S(=O)(=O)c2ccc(C)cc2)[C@@H]2OC(C)(C)O[C@H]12. The molecule has 0 bridgehead atoms. The van der Waals surface area contributed by atoms with Crippen LogP contribution in [0.1, 0.15) is 84.1 Å². The second-order valence-corrected chi connectivity index (χ2v) is 12.0. The van der Waals surface area contributed by atoms with Crippen molar-refractivity contribution in [3.63, 3.8) is 0 Å². The molecule has 0 saturated carbocycles. The molecule has 0 aromatic heterocycles. The second kappa shape index (κ2) is 12.3. The number of aliphatic hydroxyl groups is 1. The van der Waals surface area contributed by atoms with Crippen LogP contribution < -0.4 is 0 Å². The van der Waals surface area contributed by atoms with Crippen LogP contribution in [0.4, 0.5) is 0 Å². The van der Waals surface area contributed by atoms with Crippen molar-refractivity contribution in [3.8, 4) is 0 Å². The van der Waals surface area contributed by atoms with Crippen molar-refractivity contribution in [2.45, 2.75) is 126 Å². The summed E-state index contributed by atoms with van der Waals surface area (Å²) in [5.41, 5.74) is -0.855. The molecule has 194 valence electrons. The number of aliphatic hydroxyl groups excluding tert-OH is 1. The fraction of sp³-hybridized carbons (Fsp3) is 0.769. The van der Waals surface area contributed by atoms with E-state index >= 15 is 0 Å². The lowest BCUT2D eigenvalue weighted by Gasteiger charge is -2.26. The molecular weight excluding hydrogens is 456 g/mol. The molecule has 2 saturated heterocycles. The van der Waals surface area contributed by atoms with E-state index in [2.05, 4.69) is 6.92 Å². The molecule has 2 aliphatic heterocycles. The molecule has 34 heavy (non-hydrogen) atoms. The van der Waals surface area contributed by atoms with Gasteiger partial charge in [-0.25, -0.2) is 8.42 Å². The van der Waals surface area contributed by atoms with Crippen molar-refractivity contribution >= 4 is 9.84 Å². The number of ether oxygens (including phenoxy) is 4. The Kier molecular flexibility index (Phi) is 9.95. The van der Waals surface area contributed by atoms with Gasteiger partial charge in [-0.15, -0.1) is 0 Å². The van der Waals surface area contributed by atoms with Crippen LogP contribution in [0.5, 0.6) is 0 Å². The van der Waals surface area contributed by atoms with Crippen LogP contribution in [-0.4, -0.2) is 56.0 Å². The van der Waals surface area contributed by atoms with Gasteiger partial charge >= 0.3 is 0 Å². The summed E-state index contributed by atoms with van der Waals surface area (Å²) < 4.78 is 49.9. The summed E-state index contributed by atoms with van der Waals surface area (Å²) >= 11 is 0. The molecule has 7 nitrogen and oxygen atoms in total. The van der Waals surface area contributed by atoms with E-state index in [0.717, 1.165) is 18.4 Å². The molecule has 2 heterocycles. The minimum atomic E-state index is -4.04. The van der Waals surface area contributed by atoms with Gasteiger partial charge < -0.3 is 24.1 Å². The van der Waals surface area contributed by atoms with Gasteiger partial charge in [0.25, 0.3) is 0 Å². The highest BCUT2D eigenvalue weighted by Gasteiger charge is 2.59. The molecule has 0 radical (unpaired) electrons. The van der Waals surface area contributed by atoms with Crippen molar-refractivity contribution in [1.82, 2.24) is 0 Å². The molecule has 1 aromatic carbocycles. The second-order valence-electron chi connectivity index (χ2n) is 9.98. The predicted octanol–water partition coefficient (Wildman–Crippen LogP) is 4.88. The maximum absolute atomic E-state index is 13.1. The first kappa shape index (κ1) is 27.6. The van der Waals surface area contributed by atoms with Gasteiger partial charge in [-0.3, -0.25) is 0 Å². The topological polar surface area (TPSA) is 91.3 Å². The first-order chi connectivity index (χ1) is 16.2. The van der Waals surface area contributed by atoms with E-state index in [1.54, 1.807) is 26.0 Å². The molecule has 0 amide bonds. The maximum Gasteiger partial charge on any atom is 0.207 e. The number of aryl methyl sites for hydroxylation is 1. The zero-order chi connectivity index (χ0) is 24.8. The third-order valence-electron chi connectivity index (χ3n) is 6.53. The zero-order valence-corrected chi connectivity index (χ0v) is 21.9. The van der Waals surface area contributed by atoms with Gasteiger partial charge in [-0.05, 0) is 39.3 Å². The van der Waals surface area contributed by atoms with Crippen molar-refractivity contribution < 1.29 is 32.5 Å². The average molecular weight is 499 g/mol. The Morgan fingerprint density at radius 2 is 1.50 bits per heavy atom. The zero-order valence-electron chi connectivity index (χ0n) is 21.1. The van der Waals surface area contributed by atoms with Crippen LogP contribution in [0, 0.1) is 6.92 Å². The number of sulfone groups is 1. The minimum Gasteiger partial charge on any atom is -0.375 e. The minimum absolute atomic E-state index is 0.0444. The summed E-state index contributed by atoms with van der Waals surface area (Å²) in [6, 6.07) is 6.39. The summed E-state index contributed by atoms with van der Waals surface area (Å²) in [6.07, 6.45) is 7.67. The lowest BCUT2D eigenvalue weighted by atomic mass is 10.1. The molecule has 1 N–H and O–H groups in total. The van der Waals surface area contributed by atoms with Gasteiger partial charge in [0.2, 0.25) is 9.84 Å². The largest absolute Gasteiger partial charge is 0.375 e. The van der Waals surface area contributed by atoms with Crippen molar-refractivity contribution in [2.24, 2.45) is 0 Å². The van der Waals surface area contributed by atoms with Gasteiger partial charge in [-0.2, -0.15) is 0 Å². The van der Waals surface area contributed by atoms with E-state index < -0.39 is 45.7 Å². The fourth-order valence-electron chi connectivity index (χ4n) is 4.61. The summed E-state index contributed by atoms with van der Waals surface area (Å²) in [5, 5.41) is 10.9. The van der Waals surface area contributed by atoms with Crippen LogP contribution in [0.15, 0.2) is 29.2 Å². The third kappa shape index (κ3) is 7.02. The van der Waals surface area contributed by atoms with E-state index in [9.17, 15) is 13.5 Å². The summed E-state index contributed by atoms with van der Waals surface area (Å²) in [6.45, 7) is 8.12. The van der Waals surface area contributed by atoms with Gasteiger partial charge in [0.15, 0.2) is 17.5 Å². The lowest BCUT2D eigenvalue weighted by Crippen LogP contribution is -2.42. The molecule has 1 unspecified atom stereocenters. The van der Waals surface area contributed by atoms with Gasteiger partial charge in [0, 0.05) is 6.61 Å². The number of rotatable bonds is 14. The Morgan fingerprint density at radius 1 is 0.941 bits per heavy atom. The highest BCUT2D eigenvalue weighted by molar-refractivity contribution is 7.92. The molecule has 5 atom stereocenters. The first-order valence-corrected chi connectivity index (χ1v) is 14.3. The average Bonchev–Trinajstić information content (AvgIpc) is 3.28. The summed E-state index contributed by atoms with van der Waals surface area (Å²) in [4.78, 5) is 0.0444. The Balaban J connectivity index is 1.53. The molecule has 8 heteroatoms. The van der Waals surface area contributed by atoms with E-state index in [0.29, 0.717) is 6.61 Å². The van der Waals surface area contributed by atoms with Crippen molar-refractivity contribution in [2.75, 3.05) is 6.61 Å². The molecule has 0 spiro atoms. The van der Waals surface area contributed by atoms with E-state index in [-0.39, 0.29) is 4.90 Å². The summed E-state index contributed by atoms with van der Waals surface area (Å²) in [7, 11) is -4.04. The Hall–Kier alpha value is -1.03. The molecule has 1 aromatic rings. The lowest BCUT2D eigenvalue weighted by molar-refractivity contribution is -0.238. The first-order valence-electron chi connectivity index (χ1n) is 12.8. The van der Waals surface area contributed by atoms with Crippen LogP contribution in [0.25, 0.3) is 0 Å². The number of benzene rings is 1. The maximum atomic E-state index is 13.1. The smallest absolute Gasteiger partial charge is 0.207 e. The monoisotopic (exact) mass is 498 g/mol. The van der Waals surface area contributed by atoms with Gasteiger partial charge in [0.05, 0.1) is 4.90 Å². The van der Waals surface area contributed by atoms with Crippen molar-refractivity contribution in [3.05, 3.63) is 29.8 Å². The number of unbranched alkanes of at least 4 members (excludes halogenated alkanes) is 8. The van der Waals surface area contributed by atoms with Crippen LogP contribution in [-0.2, 0) is 28.8 Å². The molecule has 2 aliphatic rings. The van der Waals surface area contributed by atoms with Crippen LogP contribution >= 0.6 is 0 Å². The summed E-state index contributed by atoms with van der Waals surface area (Å²) in [5.74, 6) is -0.913. The van der Waals surface area contributed by atoms with Crippen LogP contribution in [0.2, 0.25) is 0 Å². The predicted molar refractivity (Wildman–Crippen MR) is 130 cm³/mol. The number of hydrogen-bond donors (Lipinski definition) is 1. The highest BCUT2D eigenvalue weighted by atomic mass is 32.2. The molecule has 2 fully saturated rings.